The van der Waals surface area contributed by atoms with E-state index in [0.717, 1.165) is 32.5 Å². The second-order valence-electron chi connectivity index (χ2n) is 5.02. The van der Waals surface area contributed by atoms with E-state index in [4.69, 9.17) is 4.74 Å². The highest BCUT2D eigenvalue weighted by atomic mass is 16.5. The summed E-state index contributed by atoms with van der Waals surface area (Å²) in [6.07, 6.45) is 4.17. The molecular weight excluding hydrogens is 228 g/mol. The summed E-state index contributed by atoms with van der Waals surface area (Å²) in [6, 6.07) is 0. The summed E-state index contributed by atoms with van der Waals surface area (Å²) in [7, 11) is 3.26. The van der Waals surface area contributed by atoms with Crippen LogP contribution < -0.4 is 5.32 Å². The average molecular weight is 258 g/mol. The Balaban J connectivity index is 4.15. The summed E-state index contributed by atoms with van der Waals surface area (Å²) < 4.78 is 4.84. The van der Waals surface area contributed by atoms with Crippen LogP contribution in [0.15, 0.2) is 0 Å². The van der Waals surface area contributed by atoms with Crippen molar-refractivity contribution in [1.29, 1.82) is 0 Å². The van der Waals surface area contributed by atoms with E-state index in [1.165, 1.54) is 20.0 Å². The molecule has 0 rings (SSSR count). The number of nitrogens with zero attached hydrogens (tertiary/aromatic N) is 1. The lowest BCUT2D eigenvalue weighted by Crippen LogP contribution is -2.48. The molecular formula is C14H30N2O2. The molecule has 0 heterocycles. The number of methoxy groups -OCH3 is 1. The van der Waals surface area contributed by atoms with Gasteiger partial charge in [-0.25, -0.2) is 0 Å². The normalized spacial score (nSPS) is 14.6. The Morgan fingerprint density at radius 3 is 2.17 bits per heavy atom. The molecule has 0 saturated carbocycles. The minimum absolute atomic E-state index is 0.178. The number of carbonyl (C=O) groups is 1. The SMILES string of the molecule is CCCN(CCC)CCCC(C)(NC)C(=O)OC. The largest absolute Gasteiger partial charge is 0.468 e. The highest BCUT2D eigenvalue weighted by molar-refractivity contribution is 5.80. The van der Waals surface area contributed by atoms with E-state index in [-0.39, 0.29) is 5.97 Å². The maximum Gasteiger partial charge on any atom is 0.325 e. The summed E-state index contributed by atoms with van der Waals surface area (Å²) in [4.78, 5) is 14.2. The molecule has 0 aliphatic rings. The van der Waals surface area contributed by atoms with Gasteiger partial charge in [-0.1, -0.05) is 13.8 Å². The number of carbonyl (C=O) groups excluding carboxylic acids is 1. The Labute approximate surface area is 112 Å². The Hall–Kier alpha value is -0.610. The van der Waals surface area contributed by atoms with Crippen LogP contribution in [0.3, 0.4) is 0 Å². The predicted octanol–water partition coefficient (Wildman–Crippen LogP) is 2.04. The zero-order chi connectivity index (χ0) is 14.0. The van der Waals surface area contributed by atoms with Crippen LogP contribution >= 0.6 is 0 Å². The van der Waals surface area contributed by atoms with Gasteiger partial charge in [0.15, 0.2) is 0 Å². The fourth-order valence-electron chi connectivity index (χ4n) is 2.18. The summed E-state index contributed by atoms with van der Waals surface area (Å²) in [5.74, 6) is -0.178. The summed E-state index contributed by atoms with van der Waals surface area (Å²) >= 11 is 0. The van der Waals surface area contributed by atoms with Gasteiger partial charge in [0.25, 0.3) is 0 Å². The maximum absolute atomic E-state index is 11.7. The minimum atomic E-state index is -0.557. The highest BCUT2D eigenvalue weighted by Gasteiger charge is 2.31. The number of hydrogen-bond donors (Lipinski definition) is 1. The van der Waals surface area contributed by atoms with Crippen molar-refractivity contribution in [1.82, 2.24) is 10.2 Å². The molecule has 0 bridgehead atoms. The summed E-state index contributed by atoms with van der Waals surface area (Å²) in [6.45, 7) is 9.65. The lowest BCUT2D eigenvalue weighted by Gasteiger charge is -2.28. The molecule has 1 N–H and O–H groups in total. The van der Waals surface area contributed by atoms with Crippen molar-refractivity contribution < 1.29 is 9.53 Å². The maximum atomic E-state index is 11.7. The van der Waals surface area contributed by atoms with E-state index in [2.05, 4.69) is 24.1 Å². The van der Waals surface area contributed by atoms with Crippen LogP contribution in [0.4, 0.5) is 0 Å². The molecule has 0 saturated heterocycles. The van der Waals surface area contributed by atoms with Gasteiger partial charge in [0.1, 0.15) is 5.54 Å². The second-order valence-corrected chi connectivity index (χ2v) is 5.02. The number of likely N-dealkylation sites (N-methyl/N-ethyl adjacent to an activating group) is 1. The Morgan fingerprint density at radius 1 is 1.22 bits per heavy atom. The van der Waals surface area contributed by atoms with Crippen molar-refractivity contribution in [3.63, 3.8) is 0 Å². The lowest BCUT2D eigenvalue weighted by atomic mass is 9.96. The van der Waals surface area contributed by atoms with Crippen LogP contribution in [0.5, 0.6) is 0 Å². The standard InChI is InChI=1S/C14H30N2O2/c1-6-10-16(11-7-2)12-8-9-14(3,15-4)13(17)18-5/h15H,6-12H2,1-5H3. The fourth-order valence-corrected chi connectivity index (χ4v) is 2.18. The van der Waals surface area contributed by atoms with Crippen molar-refractivity contribution in [2.45, 2.75) is 52.0 Å². The quantitative estimate of drug-likeness (QED) is 0.609. The van der Waals surface area contributed by atoms with Gasteiger partial charge < -0.3 is 15.0 Å². The van der Waals surface area contributed by atoms with Gasteiger partial charge in [-0.2, -0.15) is 0 Å². The third-order valence-electron chi connectivity index (χ3n) is 3.42. The molecule has 1 unspecified atom stereocenters. The molecule has 1 atom stereocenters. The van der Waals surface area contributed by atoms with Crippen LogP contribution in [0, 0.1) is 0 Å². The molecule has 0 aromatic heterocycles. The van der Waals surface area contributed by atoms with Crippen LogP contribution in [-0.4, -0.2) is 50.2 Å². The first-order valence-electron chi connectivity index (χ1n) is 7.03. The van der Waals surface area contributed by atoms with Gasteiger partial charge in [-0.05, 0) is 59.3 Å². The average Bonchev–Trinajstić information content (AvgIpc) is 2.38. The van der Waals surface area contributed by atoms with E-state index < -0.39 is 5.54 Å². The van der Waals surface area contributed by atoms with Gasteiger partial charge in [0, 0.05) is 0 Å². The number of ether oxygens (including phenoxy) is 1. The summed E-state index contributed by atoms with van der Waals surface area (Å²) in [5.41, 5.74) is -0.557. The molecule has 0 spiro atoms. The highest BCUT2D eigenvalue weighted by Crippen LogP contribution is 2.14. The topological polar surface area (TPSA) is 41.6 Å². The number of hydrogen-bond acceptors (Lipinski definition) is 4. The molecule has 0 radical (unpaired) electrons. The van der Waals surface area contributed by atoms with E-state index in [1.54, 1.807) is 0 Å². The second kappa shape index (κ2) is 9.34. The van der Waals surface area contributed by atoms with Crippen LogP contribution in [-0.2, 0) is 9.53 Å². The lowest BCUT2D eigenvalue weighted by molar-refractivity contribution is -0.148. The molecule has 4 heteroatoms. The molecule has 18 heavy (non-hydrogen) atoms. The molecule has 0 aromatic carbocycles. The van der Waals surface area contributed by atoms with Crippen molar-refractivity contribution in [2.75, 3.05) is 33.8 Å². The molecule has 108 valence electrons. The third kappa shape index (κ3) is 5.83. The Morgan fingerprint density at radius 2 is 1.78 bits per heavy atom. The van der Waals surface area contributed by atoms with Gasteiger partial charge in [0.05, 0.1) is 7.11 Å². The van der Waals surface area contributed by atoms with Gasteiger partial charge in [0.2, 0.25) is 0 Å². The first-order valence-corrected chi connectivity index (χ1v) is 7.03. The van der Waals surface area contributed by atoms with E-state index in [1.807, 2.05) is 14.0 Å². The molecule has 0 aromatic rings. The van der Waals surface area contributed by atoms with Crippen molar-refractivity contribution >= 4 is 5.97 Å². The molecule has 0 amide bonds. The summed E-state index contributed by atoms with van der Waals surface area (Å²) in [5, 5.41) is 3.07. The number of rotatable bonds is 10. The number of nitrogens with one attached hydrogen (secondary N) is 1. The van der Waals surface area contributed by atoms with Crippen molar-refractivity contribution in [3.05, 3.63) is 0 Å². The predicted molar refractivity (Wildman–Crippen MR) is 75.7 cm³/mol. The van der Waals surface area contributed by atoms with Gasteiger partial charge >= 0.3 is 5.97 Å². The molecule has 4 nitrogen and oxygen atoms in total. The minimum Gasteiger partial charge on any atom is -0.468 e. The van der Waals surface area contributed by atoms with Crippen LogP contribution in [0.25, 0.3) is 0 Å². The number of esters is 1. The van der Waals surface area contributed by atoms with E-state index >= 15 is 0 Å². The van der Waals surface area contributed by atoms with Crippen LogP contribution in [0.2, 0.25) is 0 Å². The van der Waals surface area contributed by atoms with E-state index in [0.29, 0.717) is 0 Å². The van der Waals surface area contributed by atoms with Crippen molar-refractivity contribution in [2.24, 2.45) is 0 Å². The van der Waals surface area contributed by atoms with E-state index in [9.17, 15) is 4.79 Å². The monoisotopic (exact) mass is 258 g/mol. The van der Waals surface area contributed by atoms with Gasteiger partial charge in [-0.3, -0.25) is 4.79 Å². The fraction of sp³-hybridized carbons (Fsp3) is 0.929. The molecule has 0 aliphatic heterocycles. The zero-order valence-electron chi connectivity index (χ0n) is 12.7. The first kappa shape index (κ1) is 17.4. The van der Waals surface area contributed by atoms with Crippen LogP contribution in [0.1, 0.15) is 46.5 Å². The van der Waals surface area contributed by atoms with Gasteiger partial charge in [-0.15, -0.1) is 0 Å². The smallest absolute Gasteiger partial charge is 0.325 e. The zero-order valence-corrected chi connectivity index (χ0v) is 12.7. The van der Waals surface area contributed by atoms with Crippen molar-refractivity contribution in [3.8, 4) is 0 Å². The molecule has 0 fully saturated rings. The Kier molecular flexibility index (Phi) is 9.02. The first-order chi connectivity index (χ1) is 8.53. The third-order valence-corrected chi connectivity index (χ3v) is 3.42. The Bertz CT molecular complexity index is 228. The molecule has 0 aliphatic carbocycles.